The van der Waals surface area contributed by atoms with Gasteiger partial charge in [0.05, 0.1) is 17.5 Å². The molecule has 25 heavy (non-hydrogen) atoms. The fourth-order valence-corrected chi connectivity index (χ4v) is 2.10. The van der Waals surface area contributed by atoms with Gasteiger partial charge in [-0.05, 0) is 29.7 Å². The summed E-state index contributed by atoms with van der Waals surface area (Å²) in [6, 6.07) is -0.185. The van der Waals surface area contributed by atoms with Crippen LogP contribution < -0.4 is 11.1 Å². The summed E-state index contributed by atoms with van der Waals surface area (Å²) in [4.78, 5) is 23.1. The molecule has 0 radical (unpaired) electrons. The van der Waals surface area contributed by atoms with Crippen LogP contribution in [0.4, 0.5) is 26.3 Å². The summed E-state index contributed by atoms with van der Waals surface area (Å²) in [6.45, 7) is 3.14. The maximum Gasteiger partial charge on any atom is 0.416 e. The van der Waals surface area contributed by atoms with Gasteiger partial charge in [-0.25, -0.2) is 0 Å². The lowest BCUT2D eigenvalue weighted by atomic mass is 10.0. The van der Waals surface area contributed by atoms with Crippen molar-refractivity contribution in [3.63, 3.8) is 0 Å². The SMILES string of the molecule is CC(C)[C@H](NC(=O)Cc1cc(C(F)(F)F)cc(C(F)(F)F)c1)C(N)=O. The van der Waals surface area contributed by atoms with Crippen LogP contribution >= 0.6 is 0 Å². The van der Waals surface area contributed by atoms with E-state index < -0.39 is 59.2 Å². The molecule has 0 saturated carbocycles. The molecule has 3 N–H and O–H groups in total. The molecule has 0 aliphatic carbocycles. The van der Waals surface area contributed by atoms with E-state index in [4.69, 9.17) is 5.73 Å². The summed E-state index contributed by atoms with van der Waals surface area (Å²) < 4.78 is 76.6. The van der Waals surface area contributed by atoms with Gasteiger partial charge in [-0.3, -0.25) is 9.59 Å². The number of hydrogen-bond acceptors (Lipinski definition) is 2. The van der Waals surface area contributed by atoms with Gasteiger partial charge in [0.1, 0.15) is 6.04 Å². The van der Waals surface area contributed by atoms with E-state index in [0.717, 1.165) is 0 Å². The van der Waals surface area contributed by atoms with Crippen molar-refractivity contribution < 1.29 is 35.9 Å². The van der Waals surface area contributed by atoms with Crippen molar-refractivity contribution in [2.75, 3.05) is 0 Å². The Balaban J connectivity index is 3.12. The molecular formula is C15H16F6N2O2. The molecule has 0 aromatic heterocycles. The average Bonchev–Trinajstić information content (AvgIpc) is 2.41. The number of primary amides is 1. The Hall–Kier alpha value is -2.26. The Labute approximate surface area is 139 Å². The zero-order chi connectivity index (χ0) is 19.6. The third-order valence-electron chi connectivity index (χ3n) is 3.30. The highest BCUT2D eigenvalue weighted by atomic mass is 19.4. The zero-order valence-corrected chi connectivity index (χ0v) is 13.3. The van der Waals surface area contributed by atoms with Crippen LogP contribution in [0, 0.1) is 5.92 Å². The first-order valence-corrected chi connectivity index (χ1v) is 7.09. The van der Waals surface area contributed by atoms with E-state index in [2.05, 4.69) is 5.32 Å². The van der Waals surface area contributed by atoms with Crippen LogP contribution in [0.3, 0.4) is 0 Å². The molecule has 0 bridgehead atoms. The van der Waals surface area contributed by atoms with Crippen LogP contribution in [-0.4, -0.2) is 17.9 Å². The highest BCUT2D eigenvalue weighted by Gasteiger charge is 2.37. The van der Waals surface area contributed by atoms with Crippen molar-refractivity contribution in [2.24, 2.45) is 11.7 Å². The van der Waals surface area contributed by atoms with Crippen molar-refractivity contribution >= 4 is 11.8 Å². The average molecular weight is 370 g/mol. The third-order valence-corrected chi connectivity index (χ3v) is 3.30. The summed E-state index contributed by atoms with van der Waals surface area (Å²) >= 11 is 0. The molecule has 1 atom stereocenters. The summed E-state index contributed by atoms with van der Waals surface area (Å²) in [5.74, 6) is -2.16. The molecule has 0 heterocycles. The molecule has 1 aromatic rings. The molecule has 0 spiro atoms. The number of nitrogens with two attached hydrogens (primary N) is 1. The number of carbonyl (C=O) groups excluding carboxylic acids is 2. The van der Waals surface area contributed by atoms with Crippen LogP contribution in [0.1, 0.15) is 30.5 Å². The standard InChI is InChI=1S/C15H16F6N2O2/c1-7(2)12(13(22)25)23-11(24)5-8-3-9(14(16,17)18)6-10(4-8)15(19,20)21/h3-4,6-7,12H,5H2,1-2H3,(H2,22,25)(H,23,24)/t12-/m0/s1. The van der Waals surface area contributed by atoms with Crippen LogP contribution in [0.2, 0.25) is 0 Å². The molecule has 10 heteroatoms. The lowest BCUT2D eigenvalue weighted by Crippen LogP contribution is -2.48. The molecule has 0 saturated heterocycles. The van der Waals surface area contributed by atoms with Gasteiger partial charge in [-0.15, -0.1) is 0 Å². The van der Waals surface area contributed by atoms with Gasteiger partial charge >= 0.3 is 12.4 Å². The van der Waals surface area contributed by atoms with Gasteiger partial charge in [0.25, 0.3) is 0 Å². The van der Waals surface area contributed by atoms with Gasteiger partial charge in [0, 0.05) is 0 Å². The van der Waals surface area contributed by atoms with Gasteiger partial charge in [0.15, 0.2) is 0 Å². The molecule has 4 nitrogen and oxygen atoms in total. The van der Waals surface area contributed by atoms with Crippen LogP contribution in [0.5, 0.6) is 0 Å². The molecule has 1 aromatic carbocycles. The minimum absolute atomic E-state index is 0.0261. The number of alkyl halides is 6. The van der Waals surface area contributed by atoms with E-state index in [1.54, 1.807) is 13.8 Å². The Morgan fingerprint density at radius 3 is 1.76 bits per heavy atom. The first-order chi connectivity index (χ1) is 11.2. The van der Waals surface area contributed by atoms with Gasteiger partial charge in [0.2, 0.25) is 11.8 Å². The summed E-state index contributed by atoms with van der Waals surface area (Å²) in [7, 11) is 0. The first-order valence-electron chi connectivity index (χ1n) is 7.09. The van der Waals surface area contributed by atoms with Crippen LogP contribution in [0.25, 0.3) is 0 Å². The third kappa shape index (κ3) is 5.95. The van der Waals surface area contributed by atoms with E-state index in [1.807, 2.05) is 0 Å². The predicted octanol–water partition coefficient (Wildman–Crippen LogP) is 2.89. The summed E-state index contributed by atoms with van der Waals surface area (Å²) in [5.41, 5.74) is 1.58. The molecule has 0 fully saturated rings. The highest BCUT2D eigenvalue weighted by molar-refractivity contribution is 5.87. The normalized spacial score (nSPS) is 13.6. The quantitative estimate of drug-likeness (QED) is 0.783. The number of halogens is 6. The number of rotatable bonds is 5. The number of carbonyl (C=O) groups is 2. The number of amides is 2. The Kier molecular flexibility index (Phi) is 6.09. The number of hydrogen-bond donors (Lipinski definition) is 2. The van der Waals surface area contributed by atoms with E-state index >= 15 is 0 Å². The Morgan fingerprint density at radius 1 is 1.00 bits per heavy atom. The second-order valence-corrected chi connectivity index (χ2v) is 5.78. The van der Waals surface area contributed by atoms with Crippen molar-refractivity contribution in [1.29, 1.82) is 0 Å². The second kappa shape index (κ2) is 7.32. The van der Waals surface area contributed by atoms with Crippen molar-refractivity contribution in [3.05, 3.63) is 34.9 Å². The maximum absolute atomic E-state index is 12.8. The largest absolute Gasteiger partial charge is 0.416 e. The van der Waals surface area contributed by atoms with Gasteiger partial charge in [-0.1, -0.05) is 13.8 Å². The smallest absolute Gasteiger partial charge is 0.368 e. The molecule has 1 rings (SSSR count). The van der Waals surface area contributed by atoms with E-state index in [9.17, 15) is 35.9 Å². The molecular weight excluding hydrogens is 354 g/mol. The molecule has 2 amide bonds. The first kappa shape index (κ1) is 20.8. The predicted molar refractivity (Wildman–Crippen MR) is 76.1 cm³/mol. The Morgan fingerprint density at radius 2 is 1.44 bits per heavy atom. The fourth-order valence-electron chi connectivity index (χ4n) is 2.10. The Bertz CT molecular complexity index is 620. The van der Waals surface area contributed by atoms with Crippen LogP contribution in [-0.2, 0) is 28.4 Å². The molecule has 0 aliphatic heterocycles. The van der Waals surface area contributed by atoms with E-state index in [0.29, 0.717) is 12.1 Å². The molecule has 0 aliphatic rings. The summed E-state index contributed by atoms with van der Waals surface area (Å²) in [6.07, 6.45) is -10.8. The second-order valence-electron chi connectivity index (χ2n) is 5.78. The monoisotopic (exact) mass is 370 g/mol. The van der Waals surface area contributed by atoms with Crippen LogP contribution in [0.15, 0.2) is 18.2 Å². The van der Waals surface area contributed by atoms with Crippen molar-refractivity contribution in [3.8, 4) is 0 Å². The zero-order valence-electron chi connectivity index (χ0n) is 13.3. The van der Waals surface area contributed by atoms with Crippen molar-refractivity contribution in [1.82, 2.24) is 5.32 Å². The topological polar surface area (TPSA) is 72.2 Å². The maximum atomic E-state index is 12.8. The van der Waals surface area contributed by atoms with E-state index in [1.165, 1.54) is 0 Å². The number of benzene rings is 1. The fraction of sp³-hybridized carbons (Fsp3) is 0.467. The summed E-state index contributed by atoms with van der Waals surface area (Å²) in [5, 5.41) is 2.20. The highest BCUT2D eigenvalue weighted by Crippen LogP contribution is 2.36. The van der Waals surface area contributed by atoms with Gasteiger partial charge < -0.3 is 11.1 Å². The minimum atomic E-state index is -5.00. The molecule has 140 valence electrons. The van der Waals surface area contributed by atoms with E-state index in [-0.39, 0.29) is 6.07 Å². The number of nitrogens with one attached hydrogen (secondary N) is 1. The minimum Gasteiger partial charge on any atom is -0.368 e. The lowest BCUT2D eigenvalue weighted by Gasteiger charge is -2.19. The van der Waals surface area contributed by atoms with Gasteiger partial charge in [-0.2, -0.15) is 26.3 Å². The molecule has 0 unspecified atom stereocenters. The van der Waals surface area contributed by atoms with Crippen molar-refractivity contribution in [2.45, 2.75) is 38.7 Å². The lowest BCUT2D eigenvalue weighted by molar-refractivity contribution is -0.143.